The molecule has 3 saturated carbocycles. The molecule has 0 spiro atoms. The van der Waals surface area contributed by atoms with Crippen LogP contribution in [0.2, 0.25) is 0 Å². The summed E-state index contributed by atoms with van der Waals surface area (Å²) in [5.74, 6) is 4.38. The number of aliphatic hydroxyl groups is 1. The molecule has 0 unspecified atom stereocenters. The number of hydrogen-bond acceptors (Lipinski definition) is 7. The van der Waals surface area contributed by atoms with Gasteiger partial charge < -0.3 is 20.1 Å². The summed E-state index contributed by atoms with van der Waals surface area (Å²) in [6.07, 6.45) is 22.1. The number of thiophene rings is 1. The maximum atomic E-state index is 13.6. The Bertz CT molecular complexity index is 2190. The summed E-state index contributed by atoms with van der Waals surface area (Å²) in [7, 11) is 0. The van der Waals surface area contributed by atoms with Gasteiger partial charge in [-0.1, -0.05) is 83.3 Å². The Hall–Kier alpha value is -4.17. The van der Waals surface area contributed by atoms with E-state index in [-0.39, 0.29) is 23.4 Å². The highest BCUT2D eigenvalue weighted by Gasteiger charge is 2.50. The quantitative estimate of drug-likeness (QED) is 0.116. The van der Waals surface area contributed by atoms with E-state index >= 15 is 0 Å². The van der Waals surface area contributed by atoms with E-state index in [9.17, 15) is 20.1 Å². The molecule has 5 atom stereocenters. The summed E-state index contributed by atoms with van der Waals surface area (Å²) in [5.41, 5.74) is 6.74. The molecule has 8 rings (SSSR count). The molecule has 3 aromatic carbocycles. The van der Waals surface area contributed by atoms with E-state index in [0.29, 0.717) is 23.1 Å². The van der Waals surface area contributed by atoms with Gasteiger partial charge in [0.25, 0.3) is 0 Å². The molecule has 0 bridgehead atoms. The van der Waals surface area contributed by atoms with Crippen LogP contribution in [0.5, 0.6) is 17.2 Å². The number of aromatic hydroxyl groups is 2. The van der Waals surface area contributed by atoms with Gasteiger partial charge >= 0.3 is 0 Å². The third kappa shape index (κ3) is 11.1. The van der Waals surface area contributed by atoms with Crippen LogP contribution < -0.4 is 4.74 Å². The van der Waals surface area contributed by atoms with Crippen molar-refractivity contribution in [3.63, 3.8) is 0 Å². The van der Waals surface area contributed by atoms with Gasteiger partial charge in [-0.15, -0.1) is 11.3 Å². The van der Waals surface area contributed by atoms with E-state index in [2.05, 4.69) is 51.3 Å². The summed E-state index contributed by atoms with van der Waals surface area (Å²) >= 11 is 1.46. The number of carbonyl (C=O) groups is 1. The molecule has 1 aromatic heterocycles. The number of phenols is 2. The number of aliphatic hydroxyl groups excluding tert-OH is 1. The molecule has 2 heterocycles. The molecule has 4 aromatic rings. The summed E-state index contributed by atoms with van der Waals surface area (Å²) < 4.78 is 6.76. The molecule has 7 heteroatoms. The normalized spacial score (nSPS) is 24.9. The fraction of sp³-hybridized carbons (Fsp3) is 0.509. The summed E-state index contributed by atoms with van der Waals surface area (Å²) in [6.45, 7) is 17.9. The second-order valence-electron chi connectivity index (χ2n) is 19.5. The van der Waals surface area contributed by atoms with Gasteiger partial charge in [-0.3, -0.25) is 9.69 Å². The number of hydrogen-bond donors (Lipinski definition) is 3. The lowest BCUT2D eigenvalue weighted by atomic mass is 9.60. The maximum Gasteiger partial charge on any atom is 0.195 e. The zero-order chi connectivity index (χ0) is 43.8. The van der Waals surface area contributed by atoms with Crippen LogP contribution in [0.15, 0.2) is 102 Å². The van der Waals surface area contributed by atoms with Crippen molar-refractivity contribution in [3.05, 3.63) is 113 Å². The van der Waals surface area contributed by atoms with Crippen molar-refractivity contribution in [3.8, 4) is 27.7 Å². The zero-order valence-corrected chi connectivity index (χ0v) is 38.7. The zero-order valence-electron chi connectivity index (χ0n) is 37.8. The van der Waals surface area contributed by atoms with Crippen molar-refractivity contribution in [2.24, 2.45) is 29.1 Å². The smallest absolute Gasteiger partial charge is 0.195 e. The number of fused-ring (bicyclic) bond motifs is 2. The van der Waals surface area contributed by atoms with Crippen molar-refractivity contribution in [1.29, 1.82) is 0 Å². The molecule has 3 aliphatic carbocycles. The molecule has 1 saturated heterocycles. The van der Waals surface area contributed by atoms with E-state index in [1.807, 2.05) is 24.3 Å². The lowest BCUT2D eigenvalue weighted by Crippen LogP contribution is -2.36. The van der Waals surface area contributed by atoms with Gasteiger partial charge in [0.05, 0.1) is 6.10 Å². The first-order valence-electron chi connectivity index (χ1n) is 23.7. The van der Waals surface area contributed by atoms with Crippen molar-refractivity contribution in [1.82, 2.24) is 4.90 Å². The first-order valence-corrected chi connectivity index (χ1v) is 24.5. The van der Waals surface area contributed by atoms with Gasteiger partial charge in [-0.05, 0) is 184 Å². The Balaban J connectivity index is 0.000000190. The molecule has 3 N–H and O–H groups in total. The predicted octanol–water partition coefficient (Wildman–Crippen LogP) is 13.7. The van der Waals surface area contributed by atoms with E-state index < -0.39 is 0 Å². The molecule has 0 radical (unpaired) electrons. The molecule has 1 aliphatic heterocycles. The number of nitrogens with zero attached hydrogens (tertiary/aromatic N) is 1. The largest absolute Gasteiger partial charge is 0.508 e. The second-order valence-corrected chi connectivity index (χ2v) is 20.5. The molecule has 4 aliphatic rings. The summed E-state index contributed by atoms with van der Waals surface area (Å²) in [6, 6.07) is 19.2. The summed E-state index contributed by atoms with van der Waals surface area (Å²) in [5, 5.41) is 30.5. The van der Waals surface area contributed by atoms with Gasteiger partial charge in [0.2, 0.25) is 0 Å². The summed E-state index contributed by atoms with van der Waals surface area (Å²) in [4.78, 5) is 16.9. The van der Waals surface area contributed by atoms with Crippen LogP contribution in [0.25, 0.3) is 20.5 Å². The predicted molar refractivity (Wildman–Crippen MR) is 257 cm³/mol. The van der Waals surface area contributed by atoms with Crippen LogP contribution in [0.4, 0.5) is 0 Å². The Labute approximate surface area is 375 Å². The van der Waals surface area contributed by atoms with E-state index in [1.54, 1.807) is 48.0 Å². The molecule has 6 nitrogen and oxygen atoms in total. The van der Waals surface area contributed by atoms with Crippen molar-refractivity contribution >= 4 is 27.2 Å². The number of piperidine rings is 1. The van der Waals surface area contributed by atoms with Crippen molar-refractivity contribution in [2.45, 2.75) is 124 Å². The number of ether oxygens (including phenoxy) is 1. The van der Waals surface area contributed by atoms with Crippen LogP contribution in [0, 0.1) is 29.1 Å². The minimum Gasteiger partial charge on any atom is -0.508 e. The fourth-order valence-electron chi connectivity index (χ4n) is 11.1. The Kier molecular flexibility index (Phi) is 15.5. The number of benzene rings is 3. The van der Waals surface area contributed by atoms with Crippen molar-refractivity contribution in [2.75, 3.05) is 26.2 Å². The number of allylic oxidation sites excluding steroid dienone is 4. The van der Waals surface area contributed by atoms with Crippen LogP contribution >= 0.6 is 11.3 Å². The number of rotatable bonds is 13. The van der Waals surface area contributed by atoms with Crippen LogP contribution in [-0.4, -0.2) is 58.3 Å². The average molecular weight is 858 g/mol. The highest BCUT2D eigenvalue weighted by molar-refractivity contribution is 7.22. The Morgan fingerprint density at radius 3 is 2.39 bits per heavy atom. The van der Waals surface area contributed by atoms with E-state index in [4.69, 9.17) is 4.74 Å². The number of carbonyl (C=O) groups excluding carboxylic acids is 1. The third-order valence-corrected chi connectivity index (χ3v) is 15.8. The van der Waals surface area contributed by atoms with Gasteiger partial charge in [0.15, 0.2) is 5.78 Å². The standard InChI is InChI=1S/C28H27NO4S.C27H44O/c30-21-8-4-20(5-9-21)28-26(24-13-10-22(31)18-25(24)34-28)27(32)19-6-11-23(12-7-19)33-17-16-29-14-2-1-3-15-29;1-19(2)8-6-9-21(4)25-15-16-26-22(10-7-17-27(25,26)5)12-13-23-18-24(28)14-11-20(23)3/h4-13,18,30-31H,1-3,14-17H2;12-13,19,21,24-26,28H,3,6-11,14-18H2,1-2,4-5H3/b;22-12+,23-13-/t;21-,24+,25-,26+,27-/m.1/s1. The number of likely N-dealkylation sites (tertiary alicyclic amines) is 1. The highest BCUT2D eigenvalue weighted by atomic mass is 32.1. The third-order valence-electron chi connectivity index (χ3n) is 14.6. The average Bonchev–Trinajstić information content (AvgIpc) is 3.82. The molecular weight excluding hydrogens is 787 g/mol. The Morgan fingerprint density at radius 2 is 1.65 bits per heavy atom. The first-order chi connectivity index (χ1) is 29.9. The van der Waals surface area contributed by atoms with Gasteiger partial charge in [0, 0.05) is 32.6 Å². The molecule has 62 heavy (non-hydrogen) atoms. The topological polar surface area (TPSA) is 90.2 Å². The number of ketones is 1. The highest BCUT2D eigenvalue weighted by Crippen LogP contribution is 2.60. The maximum absolute atomic E-state index is 13.6. The molecule has 332 valence electrons. The minimum absolute atomic E-state index is 0.0834. The van der Waals surface area contributed by atoms with Gasteiger partial charge in [-0.2, -0.15) is 0 Å². The van der Waals surface area contributed by atoms with Crippen molar-refractivity contribution < 1.29 is 24.9 Å². The monoisotopic (exact) mass is 858 g/mol. The van der Waals surface area contributed by atoms with Crippen LogP contribution in [-0.2, 0) is 0 Å². The fourth-order valence-corrected chi connectivity index (χ4v) is 12.3. The SMILES string of the molecule is C=C1CC[C@H](O)C/C1=C/C=C1\CCC[C@]2(C)[C@@H]([C@H](C)CCCC(C)C)CC[C@@H]12.O=C(c1ccc(OCCN2CCCCC2)cc1)c1c(-c2ccc(O)cc2)sc2cc(O)ccc12. The number of phenolic OH excluding ortho intramolecular Hbond substituents is 2. The minimum atomic E-state index is -0.172. The lowest BCUT2D eigenvalue weighted by molar-refractivity contribution is 0.0928. The van der Waals surface area contributed by atoms with E-state index in [1.165, 1.54) is 93.1 Å². The van der Waals surface area contributed by atoms with Gasteiger partial charge in [0.1, 0.15) is 23.9 Å². The van der Waals surface area contributed by atoms with E-state index in [0.717, 1.165) is 88.8 Å². The molecule has 4 fully saturated rings. The molecule has 0 amide bonds. The Morgan fingerprint density at radius 1 is 0.903 bits per heavy atom. The van der Waals surface area contributed by atoms with Crippen LogP contribution in [0.1, 0.15) is 134 Å². The van der Waals surface area contributed by atoms with Gasteiger partial charge in [-0.25, -0.2) is 0 Å². The lowest BCUT2D eigenvalue weighted by Gasteiger charge is -2.44. The first kappa shape index (κ1) is 45.8. The second kappa shape index (κ2) is 21.0. The van der Waals surface area contributed by atoms with Crippen LogP contribution in [0.3, 0.4) is 0 Å². The molecular formula is C55H71NO5S.